The van der Waals surface area contributed by atoms with E-state index in [9.17, 15) is 102 Å². The van der Waals surface area contributed by atoms with E-state index in [-0.39, 0.29) is 12.5 Å². The number of nitrogens with one attached hydrogen (secondary N) is 2. The topological polar surface area (TPSA) is 558 Å². The zero-order chi connectivity index (χ0) is 95.3. The molecule has 22 N–H and O–H groups in total. The summed E-state index contributed by atoms with van der Waals surface area (Å²) in [5.74, 6) is -0.0213. The molecule has 36 heteroatoms. The maximum atomic E-state index is 12.5. The molecule has 21 saturated heterocycles. The molecule has 21 fully saturated rings. The quantitative estimate of drug-likeness (QED) is 0.0488. The maximum Gasteiger partial charge on any atom is 0.187 e. The summed E-state index contributed by atoms with van der Waals surface area (Å²) in [5.41, 5.74) is 5.46. The molecule has 0 saturated carbocycles. The molecule has 0 amide bonds. The zero-order valence-corrected chi connectivity index (χ0v) is 75.1. The first-order valence-corrected chi connectivity index (χ1v) is 50.7. The standard InChI is InChI=1S/C108H84N2O34/c111-8-15-95-82(119)89(126)103(133-15)141-97-17(10-113)135-105(91(128)84(97)121)143-99-19(12-115)137-107(93(130)86(99)123)144-100-20(13-116)136-106(92(129)85(100)122)142-98-18(11-114)134-104(90(127)83(98)120)140-96-16(9-112)132-102(88(125)81(96)118)138-94-14(131-101(139-95)87(124)80(94)117)7-109-5-3-1-2-4-6-110-108-77-73-67-53-45-37-25-22-21-23-26(25)38-40-36-30(23)32-28-24(21)27-31-29(22)35-39(37)51(53)59-57-43(35)41(31)49-47-33(27)34(28)48-50-42(32)44(36)58-60-52(40)54(46(38)45)68(67)74(77)70(60)72-64(58)62(50)66-56(48)55(47)65-61(49)63(57)71(69(59)73)78(108)75(65)76(66)79(72)108/h14-20,77,80-107,109-130H,1-13H2/t14-,15-,16-,17-,18-,19-,20-,77?,80-,81-,82-,83-,84-,85-,86-,87-,88-,89-,90-,91-,92-,93-,94-,95-,96-,97-,98-,99-,100-,101-,102-,103-,104-,105-,106-,107-,108?/m1/s1. The van der Waals surface area contributed by atoms with Crippen molar-refractivity contribution in [2.45, 2.75) is 252 Å². The first-order chi connectivity index (χ1) is 70.2. The number of hydrogen-bond donors (Lipinski definition) is 22. The lowest BCUT2D eigenvalue weighted by Crippen LogP contribution is -2.68. The highest BCUT2D eigenvalue weighted by atomic mass is 16.8. The van der Waals surface area contributed by atoms with E-state index in [1.165, 1.54) is 280 Å². The molecule has 21 heterocycles. The summed E-state index contributed by atoms with van der Waals surface area (Å²) in [6.45, 7) is -5.44. The highest BCUT2D eigenvalue weighted by molar-refractivity contribution is 6.82. The van der Waals surface area contributed by atoms with Crippen molar-refractivity contribution in [3.63, 3.8) is 0 Å². The van der Waals surface area contributed by atoms with Crippen LogP contribution in [0.2, 0.25) is 0 Å². The normalized spacial score (nSPS) is 39.6. The van der Waals surface area contributed by atoms with Crippen LogP contribution in [0.4, 0.5) is 0 Å². The van der Waals surface area contributed by atoms with Gasteiger partial charge >= 0.3 is 0 Å². The van der Waals surface area contributed by atoms with E-state index < -0.39 is 260 Å². The lowest BCUT2D eigenvalue weighted by Gasteiger charge is -2.50. The minimum absolute atomic E-state index is 0.0213. The Balaban J connectivity index is 0.409. The lowest BCUT2D eigenvalue weighted by molar-refractivity contribution is -0.396. The van der Waals surface area contributed by atoms with Crippen molar-refractivity contribution in [2.24, 2.45) is 0 Å². The van der Waals surface area contributed by atoms with Gasteiger partial charge in [-0.25, -0.2) is 0 Å². The molecule has 4 aliphatic carbocycles. The fourth-order valence-corrected chi connectivity index (χ4v) is 35.2. The first kappa shape index (κ1) is 81.0. The fraction of sp³-hybridized carbons (Fsp3) is 0.463. The summed E-state index contributed by atoms with van der Waals surface area (Å²) in [5, 5.41) is 322. The van der Waals surface area contributed by atoms with Gasteiger partial charge in [0.2, 0.25) is 0 Å². The van der Waals surface area contributed by atoms with Gasteiger partial charge in [-0.1, -0.05) is 12.8 Å². The second-order valence-corrected chi connectivity index (χ2v) is 45.1. The fourth-order valence-electron chi connectivity index (χ4n) is 35.2. The van der Waals surface area contributed by atoms with Crippen molar-refractivity contribution >= 4 is 291 Å². The van der Waals surface area contributed by atoms with Crippen LogP contribution < -0.4 is 10.6 Å². The van der Waals surface area contributed by atoms with Crippen LogP contribution in [0.1, 0.15) is 53.9 Å². The van der Waals surface area contributed by atoms with Crippen LogP contribution in [0, 0.1) is 0 Å². The third-order valence-corrected chi connectivity index (χ3v) is 39.8. The first-order valence-electron chi connectivity index (χ1n) is 50.7. The Hall–Kier alpha value is -8.98. The van der Waals surface area contributed by atoms with Crippen LogP contribution in [-0.2, 0) is 71.9 Å². The molecule has 0 spiro atoms. The smallest absolute Gasteiger partial charge is 0.187 e. The Kier molecular flexibility index (Phi) is 14.1. The van der Waals surface area contributed by atoms with Crippen molar-refractivity contribution in [3.8, 4) is 0 Å². The molecule has 144 heavy (non-hydrogen) atoms. The average Bonchev–Trinajstić information content (AvgIpc) is 1.38. The van der Waals surface area contributed by atoms with E-state index in [0.29, 0.717) is 19.5 Å². The van der Waals surface area contributed by atoms with E-state index in [1.54, 1.807) is 32.7 Å². The summed E-state index contributed by atoms with van der Waals surface area (Å²) < 4.78 is 84.5. The van der Waals surface area contributed by atoms with E-state index in [4.69, 9.17) is 71.6 Å². The Bertz CT molecular complexity index is 9500. The van der Waals surface area contributed by atoms with Gasteiger partial charge in [-0.3, -0.25) is 0 Å². The average molecular weight is 1950 g/mol. The SMILES string of the molecule is OC[C@H]1O[C@@H]2O[C@H]3[C@H](O)[C@@H](O)[C@@H](O[C@H]4[C@H](O)[C@@H](O)[C@@H](O[C@H]5[C@H](O)[C@@H](O)[C@@H](O[C@H]6[C@H](O)[C@@H](O)[C@@H](O[C@H]7[C@H](O)[C@@H](O)[C@@H](O[C@H]8[C@H](O)[C@@H](O)[C@@H](O[C@H]1[C@H](O)[C@H]2O)O[C@@H]8CO)O[C@@H]7CO)O[C@@H]6CO)O[C@@H]5CNCCCCCCNC12c5c6c7c8c9c%10c(c%11c%12c1c1c5c5c%13c6c6c7c7c9c9c%14c%10c%10c%11c%11c%12c%12c1c1c5c5c%13c%13c6c6c7c9c7c9c%14c%10c%10c%11c%11c%12c1c1c5c5c%13c6c7c6c9c%10c%11c1c56)C82)O[C@@H]4CO)O[C@@H]3CO. The summed E-state index contributed by atoms with van der Waals surface area (Å²) in [6, 6.07) is 0. The molecule has 14 bridgehead atoms. The molecule has 35 atom stereocenters. The molecule has 0 radical (unpaired) electrons. The number of aliphatic hydroxyl groups is 20. The van der Waals surface area contributed by atoms with Crippen molar-refractivity contribution in [2.75, 3.05) is 59.3 Å². The van der Waals surface area contributed by atoms with Gasteiger partial charge in [-0.15, -0.1) is 0 Å². The molecule has 28 aromatic carbocycles. The van der Waals surface area contributed by atoms with Gasteiger partial charge in [0.1, 0.15) is 171 Å². The van der Waals surface area contributed by atoms with Gasteiger partial charge in [0, 0.05) is 12.5 Å². The van der Waals surface area contributed by atoms with Crippen molar-refractivity contribution in [1.82, 2.24) is 10.6 Å². The molecule has 36 nitrogen and oxygen atoms in total. The third-order valence-electron chi connectivity index (χ3n) is 39.8. The molecule has 53 rings (SSSR count). The largest absolute Gasteiger partial charge is 0.394 e. The zero-order valence-electron chi connectivity index (χ0n) is 75.1. The second kappa shape index (κ2) is 25.0. The number of ether oxygens (including phenoxy) is 14. The van der Waals surface area contributed by atoms with Crippen molar-refractivity contribution in [1.29, 1.82) is 0 Å². The van der Waals surface area contributed by atoms with Gasteiger partial charge in [-0.05, 0) is 339 Å². The summed E-state index contributed by atoms with van der Waals surface area (Å²) >= 11 is 0. The Labute approximate surface area is 799 Å². The van der Waals surface area contributed by atoms with Gasteiger partial charge < -0.3 is 179 Å². The van der Waals surface area contributed by atoms with Crippen LogP contribution in [0.3, 0.4) is 0 Å². The highest BCUT2D eigenvalue weighted by Gasteiger charge is 2.67. The Morgan fingerprint density at radius 1 is 0.174 bits per heavy atom. The second-order valence-electron chi connectivity index (χ2n) is 45.1. The van der Waals surface area contributed by atoms with Gasteiger partial charge in [0.05, 0.1) is 45.2 Å². The molecule has 25 aliphatic rings. The van der Waals surface area contributed by atoms with Crippen LogP contribution in [0.15, 0.2) is 0 Å². The summed E-state index contributed by atoms with van der Waals surface area (Å²) in [7, 11) is 0. The van der Waals surface area contributed by atoms with E-state index in [1.807, 2.05) is 0 Å². The predicted molar refractivity (Wildman–Crippen MR) is 516 cm³/mol. The minimum Gasteiger partial charge on any atom is -0.394 e. The molecule has 0 aromatic heterocycles. The van der Waals surface area contributed by atoms with Crippen LogP contribution in [0.25, 0.3) is 291 Å². The minimum atomic E-state index is -2.22. The highest BCUT2D eigenvalue weighted by Crippen LogP contribution is 2.84. The number of aliphatic hydroxyl groups excluding tert-OH is 20. The molecular weight excluding hydrogens is 1870 g/mol. The Morgan fingerprint density at radius 3 is 0.535 bits per heavy atom. The molecule has 28 aromatic rings. The molecule has 730 valence electrons. The summed E-state index contributed by atoms with van der Waals surface area (Å²) in [4.78, 5) is 0. The third kappa shape index (κ3) is 7.66. The lowest BCUT2D eigenvalue weighted by atomic mass is 9.62. The van der Waals surface area contributed by atoms with Gasteiger partial charge in [0.15, 0.2) is 44.0 Å². The monoisotopic (exact) mass is 1950 g/mol. The number of rotatable bonds is 16. The van der Waals surface area contributed by atoms with Crippen LogP contribution in [-0.4, -0.2) is 376 Å². The number of unbranched alkanes of at least 4 members (excludes halogenated alkanes) is 3. The van der Waals surface area contributed by atoms with E-state index >= 15 is 0 Å². The molecule has 21 aliphatic heterocycles. The molecule has 0 unspecified atom stereocenters. The number of benzene rings is 18. The van der Waals surface area contributed by atoms with E-state index in [2.05, 4.69) is 5.32 Å². The van der Waals surface area contributed by atoms with Crippen molar-refractivity contribution in [3.05, 3.63) is 22.3 Å². The van der Waals surface area contributed by atoms with Gasteiger partial charge in [0.25, 0.3) is 0 Å². The Morgan fingerprint density at radius 2 is 0.333 bits per heavy atom. The number of hydrogen-bond acceptors (Lipinski definition) is 36. The molecular formula is C108H84N2O34. The van der Waals surface area contributed by atoms with Crippen LogP contribution >= 0.6 is 0 Å². The van der Waals surface area contributed by atoms with Crippen LogP contribution in [0.5, 0.6) is 0 Å². The predicted octanol–water partition coefficient (Wildman–Crippen LogP) is 2.63. The van der Waals surface area contributed by atoms with Crippen molar-refractivity contribution < 1.29 is 168 Å². The van der Waals surface area contributed by atoms with E-state index in [0.717, 1.165) is 19.3 Å². The maximum absolute atomic E-state index is 12.5. The van der Waals surface area contributed by atoms with Gasteiger partial charge in [-0.2, -0.15) is 0 Å². The summed E-state index contributed by atoms with van der Waals surface area (Å²) in [6.07, 6.45) is -67.1.